The Morgan fingerprint density at radius 2 is 1.95 bits per heavy atom. The predicted octanol–water partition coefficient (Wildman–Crippen LogP) is 5.62. The van der Waals surface area contributed by atoms with Crippen LogP contribution in [0.15, 0.2) is 30.3 Å². The molecule has 0 aromatic heterocycles. The lowest BCUT2D eigenvalue weighted by atomic mass is 10.2. The second-order valence-corrected chi connectivity index (χ2v) is 6.53. The second-order valence-electron chi connectivity index (χ2n) is 4.52. The number of methoxy groups -OCH3 is 1. The van der Waals surface area contributed by atoms with Crippen LogP contribution in [0.3, 0.4) is 0 Å². The summed E-state index contributed by atoms with van der Waals surface area (Å²) in [5.74, 6) is 1.51. The van der Waals surface area contributed by atoms with Crippen molar-refractivity contribution in [3.05, 3.63) is 49.5 Å². The van der Waals surface area contributed by atoms with Crippen LogP contribution in [-0.4, -0.2) is 13.7 Å². The van der Waals surface area contributed by atoms with Gasteiger partial charge in [0.2, 0.25) is 0 Å². The molecule has 0 unspecified atom stereocenters. The van der Waals surface area contributed by atoms with Gasteiger partial charge in [-0.1, -0.05) is 23.2 Å². The van der Waals surface area contributed by atoms with Crippen molar-refractivity contribution in [2.45, 2.75) is 13.5 Å². The van der Waals surface area contributed by atoms with Crippen LogP contribution in [0.2, 0.25) is 10.0 Å². The lowest BCUT2D eigenvalue weighted by molar-refractivity contribution is 0.308. The number of ether oxygens (including phenoxy) is 2. The molecule has 0 fully saturated rings. The topological polar surface area (TPSA) is 30.5 Å². The molecule has 2 aromatic carbocycles. The van der Waals surface area contributed by atoms with E-state index in [2.05, 4.69) is 34.0 Å². The van der Waals surface area contributed by atoms with Crippen LogP contribution in [0.25, 0.3) is 0 Å². The Morgan fingerprint density at radius 3 is 2.59 bits per heavy atom. The van der Waals surface area contributed by atoms with Gasteiger partial charge in [0, 0.05) is 11.6 Å². The zero-order valence-corrected chi connectivity index (χ0v) is 15.9. The molecular weight excluding hydrogens is 436 g/mol. The highest BCUT2D eigenvalue weighted by Gasteiger charge is 2.11. The number of benzene rings is 2. The fourth-order valence-corrected chi connectivity index (χ4v) is 3.29. The van der Waals surface area contributed by atoms with Gasteiger partial charge in [0.05, 0.1) is 28.0 Å². The van der Waals surface area contributed by atoms with Gasteiger partial charge in [0.25, 0.3) is 0 Å². The van der Waals surface area contributed by atoms with Crippen LogP contribution in [0.4, 0.5) is 5.69 Å². The highest BCUT2D eigenvalue weighted by atomic mass is 127. The predicted molar refractivity (Wildman–Crippen MR) is 101 cm³/mol. The highest BCUT2D eigenvalue weighted by Crippen LogP contribution is 2.34. The summed E-state index contributed by atoms with van der Waals surface area (Å²) in [5.41, 5.74) is 1.92. The van der Waals surface area contributed by atoms with Gasteiger partial charge in [-0.3, -0.25) is 0 Å². The third kappa shape index (κ3) is 4.33. The normalized spacial score (nSPS) is 10.4. The van der Waals surface area contributed by atoms with Crippen LogP contribution >= 0.6 is 45.8 Å². The van der Waals surface area contributed by atoms with Gasteiger partial charge in [0.15, 0.2) is 11.5 Å². The number of anilines is 1. The summed E-state index contributed by atoms with van der Waals surface area (Å²) in [6.07, 6.45) is 0. The van der Waals surface area contributed by atoms with E-state index < -0.39 is 0 Å². The lowest BCUT2D eigenvalue weighted by Gasteiger charge is -2.14. The minimum atomic E-state index is 0.597. The zero-order valence-electron chi connectivity index (χ0n) is 12.3. The molecule has 0 heterocycles. The standard InChI is InChI=1S/C16H16Cl2INO2/c1-3-22-16-13(19)6-10(7-15(16)21-2)9-20-14-5-4-11(17)8-12(14)18/h4-8,20H,3,9H2,1-2H3. The van der Waals surface area contributed by atoms with Crippen molar-refractivity contribution in [1.29, 1.82) is 0 Å². The summed E-state index contributed by atoms with van der Waals surface area (Å²) < 4.78 is 12.0. The molecule has 0 bridgehead atoms. The van der Waals surface area contributed by atoms with Gasteiger partial charge in [-0.2, -0.15) is 0 Å². The molecule has 1 N–H and O–H groups in total. The third-order valence-electron chi connectivity index (χ3n) is 2.99. The van der Waals surface area contributed by atoms with Crippen molar-refractivity contribution in [2.24, 2.45) is 0 Å². The van der Waals surface area contributed by atoms with Gasteiger partial charge < -0.3 is 14.8 Å². The fraction of sp³-hybridized carbons (Fsp3) is 0.250. The van der Waals surface area contributed by atoms with Gasteiger partial charge in [0.1, 0.15) is 0 Å². The fourth-order valence-electron chi connectivity index (χ4n) is 1.99. The van der Waals surface area contributed by atoms with E-state index in [1.165, 1.54) is 0 Å². The van der Waals surface area contributed by atoms with E-state index in [4.69, 9.17) is 32.7 Å². The summed E-state index contributed by atoms with van der Waals surface area (Å²) >= 11 is 14.3. The Kier molecular flexibility index (Phi) is 6.47. The Bertz CT molecular complexity index is 665. The summed E-state index contributed by atoms with van der Waals surface area (Å²) in [5, 5.41) is 4.51. The number of hydrogen-bond acceptors (Lipinski definition) is 3. The molecule has 0 atom stereocenters. The van der Waals surface area contributed by atoms with E-state index in [9.17, 15) is 0 Å². The molecule has 2 rings (SSSR count). The molecule has 0 aliphatic rings. The first kappa shape index (κ1) is 17.5. The van der Waals surface area contributed by atoms with Crippen LogP contribution in [0.1, 0.15) is 12.5 Å². The van der Waals surface area contributed by atoms with E-state index in [1.807, 2.05) is 19.1 Å². The average molecular weight is 452 g/mol. The van der Waals surface area contributed by atoms with Gasteiger partial charge in [-0.15, -0.1) is 0 Å². The van der Waals surface area contributed by atoms with Crippen molar-refractivity contribution in [3.63, 3.8) is 0 Å². The molecule has 2 aromatic rings. The molecule has 0 aliphatic heterocycles. The zero-order chi connectivity index (χ0) is 16.1. The smallest absolute Gasteiger partial charge is 0.174 e. The Morgan fingerprint density at radius 1 is 1.18 bits per heavy atom. The lowest BCUT2D eigenvalue weighted by Crippen LogP contribution is -2.03. The summed E-state index contributed by atoms with van der Waals surface area (Å²) in [4.78, 5) is 0. The van der Waals surface area contributed by atoms with E-state index in [-0.39, 0.29) is 0 Å². The first-order chi connectivity index (χ1) is 10.5. The van der Waals surface area contributed by atoms with Crippen molar-refractivity contribution in [3.8, 4) is 11.5 Å². The van der Waals surface area contributed by atoms with Crippen LogP contribution in [0, 0.1) is 3.57 Å². The number of rotatable bonds is 6. The highest BCUT2D eigenvalue weighted by molar-refractivity contribution is 14.1. The van der Waals surface area contributed by atoms with Gasteiger partial charge in [-0.05, 0) is 65.4 Å². The van der Waals surface area contributed by atoms with E-state index in [0.717, 1.165) is 26.3 Å². The van der Waals surface area contributed by atoms with E-state index >= 15 is 0 Å². The maximum atomic E-state index is 6.16. The van der Waals surface area contributed by atoms with Crippen molar-refractivity contribution in [2.75, 3.05) is 19.0 Å². The molecule has 0 saturated carbocycles. The quantitative estimate of drug-likeness (QED) is 0.578. The molecule has 0 spiro atoms. The van der Waals surface area contributed by atoms with Gasteiger partial charge >= 0.3 is 0 Å². The molecule has 0 saturated heterocycles. The molecule has 118 valence electrons. The van der Waals surface area contributed by atoms with Crippen LogP contribution in [0.5, 0.6) is 11.5 Å². The molecule has 0 aliphatic carbocycles. The van der Waals surface area contributed by atoms with Gasteiger partial charge in [-0.25, -0.2) is 0 Å². The molecule has 22 heavy (non-hydrogen) atoms. The monoisotopic (exact) mass is 451 g/mol. The van der Waals surface area contributed by atoms with Crippen LogP contribution < -0.4 is 14.8 Å². The largest absolute Gasteiger partial charge is 0.493 e. The molecule has 3 nitrogen and oxygen atoms in total. The minimum absolute atomic E-state index is 0.597. The number of halogens is 3. The first-order valence-corrected chi connectivity index (χ1v) is 8.56. The molecule has 0 radical (unpaired) electrons. The molecule has 6 heteroatoms. The SMILES string of the molecule is CCOc1c(I)cc(CNc2ccc(Cl)cc2Cl)cc1OC. The minimum Gasteiger partial charge on any atom is -0.493 e. The number of nitrogens with one attached hydrogen (secondary N) is 1. The van der Waals surface area contributed by atoms with E-state index in [0.29, 0.717) is 23.2 Å². The molecular formula is C16H16Cl2INO2. The van der Waals surface area contributed by atoms with Crippen molar-refractivity contribution < 1.29 is 9.47 Å². The Hall–Kier alpha value is -0.850. The maximum absolute atomic E-state index is 6.16. The summed E-state index contributed by atoms with van der Waals surface area (Å²) in [6.45, 7) is 3.18. The Balaban J connectivity index is 2.17. The maximum Gasteiger partial charge on any atom is 0.174 e. The number of hydrogen-bond donors (Lipinski definition) is 1. The van der Waals surface area contributed by atoms with Crippen molar-refractivity contribution in [1.82, 2.24) is 0 Å². The first-order valence-electron chi connectivity index (χ1n) is 6.73. The van der Waals surface area contributed by atoms with Crippen molar-refractivity contribution >= 4 is 51.5 Å². The van der Waals surface area contributed by atoms with Crippen LogP contribution in [-0.2, 0) is 6.54 Å². The Labute approximate surface area is 154 Å². The second kappa shape index (κ2) is 8.13. The average Bonchev–Trinajstić information content (AvgIpc) is 2.48. The summed E-state index contributed by atoms with van der Waals surface area (Å²) in [6, 6.07) is 9.41. The molecule has 0 amide bonds. The van der Waals surface area contributed by atoms with E-state index in [1.54, 1.807) is 19.2 Å². The summed E-state index contributed by atoms with van der Waals surface area (Å²) in [7, 11) is 1.64. The third-order valence-corrected chi connectivity index (χ3v) is 4.34.